The van der Waals surface area contributed by atoms with E-state index in [2.05, 4.69) is 33.8 Å². The minimum absolute atomic E-state index is 0.315. The number of thioether (sulfide) groups is 1. The fraction of sp³-hybridized carbons (Fsp3) is 0.579. The minimum atomic E-state index is -0.532. The monoisotopic (exact) mass is 422 g/mol. The number of amides is 3. The van der Waals surface area contributed by atoms with E-state index in [1.807, 2.05) is 13.8 Å². The number of carbonyl (C=O) groups excluding carboxylic acids is 2. The van der Waals surface area contributed by atoms with Gasteiger partial charge >= 0.3 is 6.03 Å². The molecule has 152 valence electrons. The smallest absolute Gasteiger partial charge is 0.321 e. The third kappa shape index (κ3) is 5.35. The van der Waals surface area contributed by atoms with Crippen molar-refractivity contribution in [3.8, 4) is 10.8 Å². The highest BCUT2D eigenvalue weighted by molar-refractivity contribution is 8.00. The molecular weight excluding hydrogens is 396 g/mol. The zero-order valence-corrected chi connectivity index (χ0v) is 18.2. The number of nitrogens with zero attached hydrogens (tertiary/aromatic N) is 2. The number of fused-ring (bicyclic) bond motifs is 1. The van der Waals surface area contributed by atoms with Crippen molar-refractivity contribution in [2.45, 2.75) is 57.4 Å². The molecule has 2 heterocycles. The van der Waals surface area contributed by atoms with E-state index in [0.717, 1.165) is 29.5 Å². The second kappa shape index (κ2) is 9.09. The first-order valence-electron chi connectivity index (χ1n) is 9.52. The van der Waals surface area contributed by atoms with Gasteiger partial charge in [-0.2, -0.15) is 0 Å². The Balaban J connectivity index is 1.57. The van der Waals surface area contributed by atoms with Gasteiger partial charge in [0.05, 0.1) is 10.1 Å². The van der Waals surface area contributed by atoms with Crippen molar-refractivity contribution in [3.05, 3.63) is 16.5 Å². The Morgan fingerprint density at radius 2 is 2.14 bits per heavy atom. The van der Waals surface area contributed by atoms with E-state index in [4.69, 9.17) is 4.42 Å². The van der Waals surface area contributed by atoms with Gasteiger partial charge in [0, 0.05) is 11.4 Å². The Morgan fingerprint density at radius 3 is 2.89 bits per heavy atom. The number of hydrogen-bond acceptors (Lipinski definition) is 7. The summed E-state index contributed by atoms with van der Waals surface area (Å²) in [5, 5.41) is 13.0. The summed E-state index contributed by atoms with van der Waals surface area (Å²) in [4.78, 5) is 26.3. The van der Waals surface area contributed by atoms with Gasteiger partial charge in [-0.05, 0) is 49.7 Å². The first kappa shape index (κ1) is 20.9. The van der Waals surface area contributed by atoms with Crippen LogP contribution in [-0.4, -0.2) is 33.9 Å². The highest BCUT2D eigenvalue weighted by Crippen LogP contribution is 2.37. The summed E-state index contributed by atoms with van der Waals surface area (Å²) in [6.45, 7) is 8.45. The lowest BCUT2D eigenvalue weighted by Crippen LogP contribution is -2.43. The van der Waals surface area contributed by atoms with E-state index in [0.29, 0.717) is 29.5 Å². The zero-order chi connectivity index (χ0) is 20.3. The average Bonchev–Trinajstić information content (AvgIpc) is 3.26. The van der Waals surface area contributed by atoms with Crippen LogP contribution in [0.4, 0.5) is 4.79 Å². The van der Waals surface area contributed by atoms with Crippen LogP contribution in [0.1, 0.15) is 44.6 Å². The van der Waals surface area contributed by atoms with Gasteiger partial charge in [0.25, 0.3) is 11.1 Å². The molecule has 2 aromatic heterocycles. The number of urea groups is 1. The number of carbonyl (C=O) groups is 2. The van der Waals surface area contributed by atoms with E-state index >= 15 is 0 Å². The summed E-state index contributed by atoms with van der Waals surface area (Å²) in [5.74, 6) is 1.11. The van der Waals surface area contributed by atoms with Crippen LogP contribution >= 0.6 is 23.1 Å². The van der Waals surface area contributed by atoms with Gasteiger partial charge in [-0.15, -0.1) is 21.5 Å². The topological polar surface area (TPSA) is 97.1 Å². The molecular formula is C19H26N4O3S2. The van der Waals surface area contributed by atoms with Crippen LogP contribution in [0, 0.1) is 11.8 Å². The SMILES string of the molecule is CC(C)CNC(=O)NC(=O)[C@@H](C)Sc1nnc(-c2cc3c(s2)CC[C@H](C)C3)o1. The van der Waals surface area contributed by atoms with Crippen molar-refractivity contribution >= 4 is 35.0 Å². The molecule has 0 saturated carbocycles. The lowest BCUT2D eigenvalue weighted by molar-refractivity contribution is -0.119. The molecule has 3 rings (SSSR count). The normalized spacial score (nSPS) is 17.2. The molecule has 9 heteroatoms. The first-order valence-corrected chi connectivity index (χ1v) is 11.2. The van der Waals surface area contributed by atoms with Gasteiger partial charge < -0.3 is 9.73 Å². The molecule has 0 spiro atoms. The van der Waals surface area contributed by atoms with Crippen molar-refractivity contribution in [2.24, 2.45) is 11.8 Å². The number of thiophene rings is 1. The number of nitrogens with one attached hydrogen (secondary N) is 2. The maximum absolute atomic E-state index is 12.2. The summed E-state index contributed by atoms with van der Waals surface area (Å²) >= 11 is 2.85. The molecule has 7 nitrogen and oxygen atoms in total. The lowest BCUT2D eigenvalue weighted by Gasteiger charge is -2.16. The number of hydrogen-bond donors (Lipinski definition) is 2. The second-order valence-electron chi connectivity index (χ2n) is 7.63. The zero-order valence-electron chi connectivity index (χ0n) is 16.6. The van der Waals surface area contributed by atoms with Crippen molar-refractivity contribution in [3.63, 3.8) is 0 Å². The fourth-order valence-electron chi connectivity index (χ4n) is 2.93. The van der Waals surface area contributed by atoms with Crippen molar-refractivity contribution in [2.75, 3.05) is 6.54 Å². The summed E-state index contributed by atoms with van der Waals surface area (Å²) in [6.07, 6.45) is 3.42. The predicted molar refractivity (Wildman–Crippen MR) is 110 cm³/mol. The van der Waals surface area contributed by atoms with Crippen LogP contribution in [-0.2, 0) is 17.6 Å². The molecule has 2 N–H and O–H groups in total. The van der Waals surface area contributed by atoms with Crippen molar-refractivity contribution in [1.29, 1.82) is 0 Å². The van der Waals surface area contributed by atoms with E-state index in [1.54, 1.807) is 18.3 Å². The molecule has 0 fully saturated rings. The Hall–Kier alpha value is -1.87. The standard InChI is InChI=1S/C19H26N4O3S2/c1-10(2)9-20-18(25)21-16(24)12(4)27-19-23-22-17(26-19)15-8-13-7-11(3)5-6-14(13)28-15/h8,10-12H,5-7,9H2,1-4H3,(H2,20,21,24,25)/t11-,12+/m0/s1. The average molecular weight is 423 g/mol. The maximum atomic E-state index is 12.2. The molecule has 1 aliphatic carbocycles. The number of aromatic nitrogens is 2. The molecule has 0 aromatic carbocycles. The number of aryl methyl sites for hydroxylation is 1. The number of rotatable bonds is 6. The van der Waals surface area contributed by atoms with Crippen molar-refractivity contribution < 1.29 is 14.0 Å². The van der Waals surface area contributed by atoms with E-state index in [9.17, 15) is 9.59 Å². The van der Waals surface area contributed by atoms with Crippen molar-refractivity contribution in [1.82, 2.24) is 20.8 Å². The largest absolute Gasteiger partial charge is 0.410 e. The first-order chi connectivity index (χ1) is 13.3. The van der Waals surface area contributed by atoms with Crippen LogP contribution in [0.15, 0.2) is 15.7 Å². The molecule has 0 aliphatic heterocycles. The van der Waals surface area contributed by atoms with Crippen LogP contribution in [0.2, 0.25) is 0 Å². The molecule has 0 saturated heterocycles. The van der Waals surface area contributed by atoms with E-state index in [1.165, 1.54) is 16.9 Å². The van der Waals surface area contributed by atoms with Crippen LogP contribution in [0.5, 0.6) is 0 Å². The van der Waals surface area contributed by atoms with Gasteiger partial charge in [-0.3, -0.25) is 10.1 Å². The van der Waals surface area contributed by atoms with Gasteiger partial charge in [-0.1, -0.05) is 32.5 Å². The Labute approximate surface area is 173 Å². The van der Waals surface area contributed by atoms with Gasteiger partial charge in [-0.25, -0.2) is 4.79 Å². The molecule has 2 atom stereocenters. The summed E-state index contributed by atoms with van der Waals surface area (Å²) in [5.41, 5.74) is 1.38. The fourth-order valence-corrected chi connectivity index (χ4v) is 4.74. The lowest BCUT2D eigenvalue weighted by atomic mass is 9.90. The summed E-state index contributed by atoms with van der Waals surface area (Å²) < 4.78 is 5.75. The molecule has 0 unspecified atom stereocenters. The molecule has 2 aromatic rings. The highest BCUT2D eigenvalue weighted by Gasteiger charge is 2.23. The second-order valence-corrected chi connectivity index (χ2v) is 10.1. The number of imide groups is 1. The van der Waals surface area contributed by atoms with Crippen LogP contribution in [0.3, 0.4) is 0 Å². The molecule has 0 radical (unpaired) electrons. The third-order valence-corrected chi connectivity index (χ3v) is 6.66. The van der Waals surface area contributed by atoms with Crippen LogP contribution in [0.25, 0.3) is 10.8 Å². The molecule has 1 aliphatic rings. The summed E-state index contributed by atoms with van der Waals surface area (Å²) in [6, 6.07) is 1.66. The Bertz CT molecular complexity index is 846. The van der Waals surface area contributed by atoms with Crippen LogP contribution < -0.4 is 10.6 Å². The van der Waals surface area contributed by atoms with E-state index in [-0.39, 0.29) is 0 Å². The highest BCUT2D eigenvalue weighted by atomic mass is 32.2. The maximum Gasteiger partial charge on any atom is 0.321 e. The third-order valence-electron chi connectivity index (χ3n) is 4.50. The quantitative estimate of drug-likeness (QED) is 0.686. The minimum Gasteiger partial charge on any atom is -0.410 e. The summed E-state index contributed by atoms with van der Waals surface area (Å²) in [7, 11) is 0. The van der Waals surface area contributed by atoms with E-state index < -0.39 is 17.2 Å². The van der Waals surface area contributed by atoms with Gasteiger partial charge in [0.1, 0.15) is 0 Å². The molecule has 3 amide bonds. The van der Waals surface area contributed by atoms with Gasteiger partial charge in [0.2, 0.25) is 5.91 Å². The molecule has 28 heavy (non-hydrogen) atoms. The Morgan fingerprint density at radius 1 is 1.36 bits per heavy atom. The predicted octanol–water partition coefficient (Wildman–Crippen LogP) is 3.89. The molecule has 0 bridgehead atoms. The Kier molecular flexibility index (Phi) is 6.77. The van der Waals surface area contributed by atoms with Gasteiger partial charge in [0.15, 0.2) is 0 Å².